The Morgan fingerprint density at radius 3 is 2.64 bits per heavy atom. The lowest BCUT2D eigenvalue weighted by Crippen LogP contribution is -2.43. The zero-order valence-electron chi connectivity index (χ0n) is 9.41. The molecule has 1 fully saturated rings. The number of hydrogen-bond acceptors (Lipinski definition) is 2. The topological polar surface area (TPSA) is 29.9 Å². The van der Waals surface area contributed by atoms with Gasteiger partial charge in [0, 0.05) is 24.8 Å². The summed E-state index contributed by atoms with van der Waals surface area (Å²) in [6, 6.07) is 2.73. The summed E-state index contributed by atoms with van der Waals surface area (Å²) in [5, 5.41) is 7.89. The Bertz CT molecular complexity index is 310. The van der Waals surface area contributed by atoms with Crippen molar-refractivity contribution >= 4 is 5.82 Å². The van der Waals surface area contributed by atoms with Crippen molar-refractivity contribution < 1.29 is 0 Å². The van der Waals surface area contributed by atoms with Crippen LogP contribution in [0.25, 0.3) is 0 Å². The van der Waals surface area contributed by atoms with E-state index in [4.69, 9.17) is 0 Å². The first-order valence-electron chi connectivity index (χ1n) is 5.35. The molecule has 0 aliphatic heterocycles. The lowest BCUT2D eigenvalue weighted by Gasteiger charge is -2.41. The van der Waals surface area contributed by atoms with Crippen LogP contribution in [0.1, 0.15) is 26.0 Å². The Hall–Kier alpha value is -0.990. The summed E-state index contributed by atoms with van der Waals surface area (Å²) < 4.78 is 1.91. The van der Waals surface area contributed by atoms with Crippen LogP contribution >= 0.6 is 0 Å². The van der Waals surface area contributed by atoms with Crippen molar-refractivity contribution in [2.45, 2.75) is 33.2 Å². The van der Waals surface area contributed by atoms with E-state index >= 15 is 0 Å². The summed E-state index contributed by atoms with van der Waals surface area (Å²) in [4.78, 5) is 0. The Morgan fingerprint density at radius 2 is 2.21 bits per heavy atom. The quantitative estimate of drug-likeness (QED) is 0.780. The molecule has 1 heterocycles. The number of nitrogens with one attached hydrogen (secondary N) is 1. The third-order valence-electron chi connectivity index (χ3n) is 3.61. The lowest BCUT2D eigenvalue weighted by molar-refractivity contribution is 0.188. The van der Waals surface area contributed by atoms with Crippen molar-refractivity contribution in [2.24, 2.45) is 18.9 Å². The lowest BCUT2D eigenvalue weighted by atomic mass is 9.71. The van der Waals surface area contributed by atoms with Gasteiger partial charge in [-0.3, -0.25) is 4.68 Å². The molecule has 2 rings (SSSR count). The zero-order chi connectivity index (χ0) is 10.3. The summed E-state index contributed by atoms with van der Waals surface area (Å²) in [7, 11) is 1.98. The van der Waals surface area contributed by atoms with Gasteiger partial charge in [-0.25, -0.2) is 0 Å². The molecule has 1 N–H and O–H groups in total. The molecule has 1 aliphatic rings. The van der Waals surface area contributed by atoms with Crippen molar-refractivity contribution in [3.8, 4) is 0 Å². The van der Waals surface area contributed by atoms with Gasteiger partial charge in [0.05, 0.1) is 0 Å². The first-order chi connectivity index (χ1) is 6.58. The average Bonchev–Trinajstić information content (AvgIpc) is 2.45. The molecule has 0 amide bonds. The number of hydrogen-bond donors (Lipinski definition) is 1. The highest BCUT2D eigenvalue weighted by Gasteiger charge is 2.34. The van der Waals surface area contributed by atoms with E-state index in [1.807, 2.05) is 11.7 Å². The van der Waals surface area contributed by atoms with E-state index in [1.54, 1.807) is 0 Å². The van der Waals surface area contributed by atoms with Crippen LogP contribution in [0.3, 0.4) is 0 Å². The molecule has 3 atom stereocenters. The average molecular weight is 193 g/mol. The number of nitrogens with zero attached hydrogens (tertiary/aromatic N) is 2. The molecule has 0 aromatic carbocycles. The maximum absolute atomic E-state index is 4.40. The Labute approximate surface area is 85.5 Å². The van der Waals surface area contributed by atoms with Crippen LogP contribution in [0.15, 0.2) is 6.07 Å². The van der Waals surface area contributed by atoms with E-state index in [9.17, 15) is 0 Å². The van der Waals surface area contributed by atoms with E-state index in [1.165, 1.54) is 12.1 Å². The summed E-state index contributed by atoms with van der Waals surface area (Å²) in [5.41, 5.74) is 1.20. The highest BCUT2D eigenvalue weighted by molar-refractivity contribution is 5.37. The molecule has 1 aliphatic carbocycles. The molecular formula is C11H19N3. The fraction of sp³-hybridized carbons (Fsp3) is 0.727. The SMILES string of the molecule is Cc1cc(NC2CC(C)C2C)nn1C. The van der Waals surface area contributed by atoms with E-state index in [0.29, 0.717) is 6.04 Å². The highest BCUT2D eigenvalue weighted by Crippen LogP contribution is 2.35. The van der Waals surface area contributed by atoms with E-state index in [2.05, 4.69) is 37.3 Å². The monoisotopic (exact) mass is 193 g/mol. The van der Waals surface area contributed by atoms with Gasteiger partial charge < -0.3 is 5.32 Å². The number of aryl methyl sites for hydroxylation is 2. The minimum atomic E-state index is 0.624. The molecular weight excluding hydrogens is 174 g/mol. The maximum Gasteiger partial charge on any atom is 0.148 e. The third-order valence-corrected chi connectivity index (χ3v) is 3.61. The van der Waals surface area contributed by atoms with Crippen LogP contribution in [0.2, 0.25) is 0 Å². The fourth-order valence-corrected chi connectivity index (χ4v) is 2.04. The van der Waals surface area contributed by atoms with E-state index in [-0.39, 0.29) is 0 Å². The van der Waals surface area contributed by atoms with Gasteiger partial charge in [-0.1, -0.05) is 13.8 Å². The Balaban J connectivity index is 1.98. The van der Waals surface area contributed by atoms with Gasteiger partial charge in [0.1, 0.15) is 5.82 Å². The summed E-state index contributed by atoms with van der Waals surface area (Å²) in [6.07, 6.45) is 1.27. The molecule has 14 heavy (non-hydrogen) atoms. The highest BCUT2D eigenvalue weighted by atomic mass is 15.3. The number of aromatic nitrogens is 2. The second-order valence-corrected chi connectivity index (χ2v) is 4.62. The predicted octanol–water partition coefficient (Wildman–Crippen LogP) is 2.18. The van der Waals surface area contributed by atoms with E-state index in [0.717, 1.165) is 17.7 Å². The summed E-state index contributed by atoms with van der Waals surface area (Å²) in [6.45, 7) is 6.69. The first-order valence-corrected chi connectivity index (χ1v) is 5.35. The Morgan fingerprint density at radius 1 is 1.50 bits per heavy atom. The number of anilines is 1. The summed E-state index contributed by atoms with van der Waals surface area (Å²) in [5.74, 6) is 2.66. The van der Waals surface area contributed by atoms with Gasteiger partial charge in [0.2, 0.25) is 0 Å². The van der Waals surface area contributed by atoms with Gasteiger partial charge in [-0.05, 0) is 25.2 Å². The van der Waals surface area contributed by atoms with Crippen LogP contribution in [-0.4, -0.2) is 15.8 Å². The van der Waals surface area contributed by atoms with Crippen LogP contribution in [0, 0.1) is 18.8 Å². The van der Waals surface area contributed by atoms with Crippen LogP contribution < -0.4 is 5.32 Å². The zero-order valence-corrected chi connectivity index (χ0v) is 9.41. The molecule has 0 spiro atoms. The second-order valence-electron chi connectivity index (χ2n) is 4.62. The van der Waals surface area contributed by atoms with Crippen molar-refractivity contribution in [1.82, 2.24) is 9.78 Å². The molecule has 3 heteroatoms. The van der Waals surface area contributed by atoms with Crippen LogP contribution in [0.5, 0.6) is 0 Å². The largest absolute Gasteiger partial charge is 0.366 e. The van der Waals surface area contributed by atoms with Gasteiger partial charge in [0.15, 0.2) is 0 Å². The second kappa shape index (κ2) is 3.30. The molecule has 3 nitrogen and oxygen atoms in total. The fourth-order valence-electron chi connectivity index (χ4n) is 2.04. The smallest absolute Gasteiger partial charge is 0.148 e. The molecule has 0 bridgehead atoms. The molecule has 1 aromatic heterocycles. The minimum absolute atomic E-state index is 0.624. The molecule has 78 valence electrons. The maximum atomic E-state index is 4.40. The van der Waals surface area contributed by atoms with Crippen LogP contribution in [0.4, 0.5) is 5.82 Å². The third kappa shape index (κ3) is 1.51. The molecule has 0 radical (unpaired) electrons. The molecule has 1 saturated carbocycles. The van der Waals surface area contributed by atoms with Gasteiger partial charge in [-0.15, -0.1) is 0 Å². The van der Waals surface area contributed by atoms with Crippen molar-refractivity contribution in [3.05, 3.63) is 11.8 Å². The predicted molar refractivity (Wildman–Crippen MR) is 58.3 cm³/mol. The minimum Gasteiger partial charge on any atom is -0.366 e. The van der Waals surface area contributed by atoms with Crippen LogP contribution in [-0.2, 0) is 7.05 Å². The molecule has 0 saturated heterocycles. The number of rotatable bonds is 2. The standard InChI is InChI=1S/C11H19N3/c1-7-5-10(9(7)3)12-11-6-8(2)14(4)13-11/h6-7,9-10H,5H2,1-4H3,(H,12,13). The van der Waals surface area contributed by atoms with E-state index < -0.39 is 0 Å². The molecule has 1 aromatic rings. The Kier molecular flexibility index (Phi) is 2.25. The van der Waals surface area contributed by atoms with Crippen molar-refractivity contribution in [2.75, 3.05) is 5.32 Å². The molecule has 3 unspecified atom stereocenters. The normalized spacial score (nSPS) is 31.3. The summed E-state index contributed by atoms with van der Waals surface area (Å²) >= 11 is 0. The van der Waals surface area contributed by atoms with Gasteiger partial charge in [-0.2, -0.15) is 5.10 Å². The van der Waals surface area contributed by atoms with Gasteiger partial charge in [0.25, 0.3) is 0 Å². The van der Waals surface area contributed by atoms with Gasteiger partial charge >= 0.3 is 0 Å². The first kappa shape index (κ1) is 9.56. The van der Waals surface area contributed by atoms with Crippen molar-refractivity contribution in [3.63, 3.8) is 0 Å². The van der Waals surface area contributed by atoms with Crippen molar-refractivity contribution in [1.29, 1.82) is 0 Å².